The minimum Gasteiger partial charge on any atom is -0.342 e. The molecule has 0 aliphatic heterocycles. The summed E-state index contributed by atoms with van der Waals surface area (Å²) < 4.78 is 104. The lowest BCUT2D eigenvalue weighted by Gasteiger charge is -2.13. The second kappa shape index (κ2) is 44.4. The van der Waals surface area contributed by atoms with E-state index < -0.39 is 35.1 Å². The van der Waals surface area contributed by atoms with Gasteiger partial charge in [-0.3, -0.25) is 0 Å². The SMILES string of the molecule is CC(C)(C)c1nc2c(C(F)(F)F)cccc2[nH]1.CC(C)(C)c1nc2cc(Cl)c(F)cc2[nH]1.CC(C)(C)c1nc2cc(Cl)c(F)cc2[nH]1.CC(C)(C)c1nc2ccc(Cl)cc2[nH]1.CC(C)(C)c1nc2ccc(Cl)cc2[nH]1.Cc1cc(C(F)(F)F)c2nc(C(C)(C)C)[nH]c2c1.Cc1cc(C)c2nc(C(C)(C)C)[nH]c2c1.Cc1ccc2nc(C(C)(C)C)[nH]c2c1.Cc1ccc2nc(C(C)(C)C)[nH]c2c1.Cc1ccc2nc(C(C)(C)C)[nH]c2c1. The molecule has 0 aliphatic rings. The molecule has 150 heavy (non-hydrogen) atoms. The van der Waals surface area contributed by atoms with Gasteiger partial charge in [0.1, 0.15) is 80.9 Å². The van der Waals surface area contributed by atoms with Crippen molar-refractivity contribution >= 4 is 157 Å². The van der Waals surface area contributed by atoms with E-state index in [4.69, 9.17) is 46.4 Å². The van der Waals surface area contributed by atoms with Crippen LogP contribution in [0.25, 0.3) is 110 Å². The van der Waals surface area contributed by atoms with Crippen LogP contribution in [0, 0.1) is 53.2 Å². The molecule has 10 heterocycles. The molecule has 0 radical (unpaired) electrons. The van der Waals surface area contributed by atoms with Crippen molar-refractivity contribution in [1.82, 2.24) is 99.7 Å². The lowest BCUT2D eigenvalue weighted by molar-refractivity contribution is -0.137. The molecule has 0 spiro atoms. The molecule has 0 bridgehead atoms. The van der Waals surface area contributed by atoms with Gasteiger partial charge in [-0.05, 0) is 190 Å². The van der Waals surface area contributed by atoms with Gasteiger partial charge in [0.15, 0.2) is 0 Å². The van der Waals surface area contributed by atoms with Crippen LogP contribution in [0.2, 0.25) is 20.1 Å². The van der Waals surface area contributed by atoms with Crippen LogP contribution in [0.1, 0.15) is 310 Å². The first kappa shape index (κ1) is 118. The van der Waals surface area contributed by atoms with Crippen molar-refractivity contribution in [2.24, 2.45) is 0 Å². The molecule has 10 aromatic carbocycles. The van der Waals surface area contributed by atoms with E-state index in [1.165, 1.54) is 58.1 Å². The number of nitrogens with zero attached hydrogens (tertiary/aromatic N) is 10. The Hall–Kier alpha value is -12.5. The number of H-pyrrole nitrogens is 10. The first-order valence-corrected chi connectivity index (χ1v) is 51.3. The number of hydrogen-bond acceptors (Lipinski definition) is 10. The van der Waals surface area contributed by atoms with E-state index in [0.29, 0.717) is 50.3 Å². The average Bonchev–Trinajstić information content (AvgIpc) is 1.65. The van der Waals surface area contributed by atoms with Crippen molar-refractivity contribution in [3.63, 3.8) is 0 Å². The number of para-hydroxylation sites is 1. The topological polar surface area (TPSA) is 287 Å². The van der Waals surface area contributed by atoms with Crippen molar-refractivity contribution < 1.29 is 35.1 Å². The fraction of sp³-hybridized carbons (Fsp3) is 0.407. The van der Waals surface area contributed by atoms with Crippen molar-refractivity contribution in [3.8, 4) is 0 Å². The van der Waals surface area contributed by atoms with Crippen LogP contribution < -0.4 is 0 Å². The largest absolute Gasteiger partial charge is 0.418 e. The summed E-state index contributed by atoms with van der Waals surface area (Å²) in [5.41, 5.74) is 21.6. The van der Waals surface area contributed by atoms with Crippen molar-refractivity contribution in [2.45, 2.75) is 316 Å². The maximum Gasteiger partial charge on any atom is 0.418 e. The second-order valence-corrected chi connectivity index (χ2v) is 50.4. The Morgan fingerprint density at radius 1 is 0.200 bits per heavy atom. The molecular formula is C118H144Cl4F8N20. The molecule has 20 rings (SSSR count). The Bertz CT molecular complexity index is 7440. The van der Waals surface area contributed by atoms with Crippen LogP contribution in [-0.2, 0) is 66.5 Å². The van der Waals surface area contributed by atoms with Crippen molar-refractivity contribution in [3.05, 3.63) is 292 Å². The highest BCUT2D eigenvalue weighted by Crippen LogP contribution is 2.40. The number of halogens is 12. The van der Waals surface area contributed by atoms with Crippen LogP contribution in [0.5, 0.6) is 0 Å². The maximum atomic E-state index is 13.2. The number of benzene rings is 10. The van der Waals surface area contributed by atoms with Gasteiger partial charge in [0.05, 0.1) is 120 Å². The van der Waals surface area contributed by atoms with Gasteiger partial charge < -0.3 is 49.8 Å². The summed E-state index contributed by atoms with van der Waals surface area (Å²) in [6, 6.07) is 47.3. The van der Waals surface area contributed by atoms with Gasteiger partial charge in [0.2, 0.25) is 0 Å². The van der Waals surface area contributed by atoms with E-state index in [-0.39, 0.29) is 75.2 Å². The number of rotatable bonds is 0. The van der Waals surface area contributed by atoms with Gasteiger partial charge in [0.25, 0.3) is 0 Å². The Labute approximate surface area is 893 Å². The van der Waals surface area contributed by atoms with E-state index in [0.717, 1.165) is 135 Å². The fourth-order valence-electron chi connectivity index (χ4n) is 15.1. The summed E-state index contributed by atoms with van der Waals surface area (Å²) in [4.78, 5) is 76.5. The van der Waals surface area contributed by atoms with Crippen LogP contribution in [-0.4, -0.2) is 99.7 Å². The summed E-state index contributed by atoms with van der Waals surface area (Å²) >= 11 is 23.2. The lowest BCUT2D eigenvalue weighted by atomic mass is 9.96. The molecule has 0 saturated heterocycles. The molecule has 0 amide bonds. The van der Waals surface area contributed by atoms with E-state index in [1.54, 1.807) is 19.1 Å². The number of alkyl halides is 6. The molecule has 10 aromatic heterocycles. The van der Waals surface area contributed by atoms with E-state index in [9.17, 15) is 35.1 Å². The quantitative estimate of drug-likeness (QED) is 0.0641. The number of imidazole rings is 10. The third-order valence-electron chi connectivity index (χ3n) is 23.7. The van der Waals surface area contributed by atoms with Gasteiger partial charge >= 0.3 is 12.4 Å². The number of fused-ring (bicyclic) bond motifs is 10. The number of aromatic nitrogens is 20. The van der Waals surface area contributed by atoms with Crippen molar-refractivity contribution in [1.29, 1.82) is 0 Å². The molecular weight excluding hydrogens is 1990 g/mol. The Morgan fingerprint density at radius 3 is 0.707 bits per heavy atom. The zero-order valence-corrected chi connectivity index (χ0v) is 96.0. The molecule has 800 valence electrons. The summed E-state index contributed by atoms with van der Waals surface area (Å²) in [6.45, 7) is 74.6. The standard InChI is InChI=1S/C13H15F3N2.C13H18N2.C12H13F3N2.3C12H16N2.2C11H12ClFN2.2C11H13ClN2/c1-7-5-8(13(14,15)16)10-9(6-7)17-11(18-10)12(2,3)4;1-8-6-9(2)11-10(7-8)14-12(15-11)13(3,4)5;1-11(2,3)10-16-8-6-4-5-7(9(8)17-10)12(13,14)15;3*1-8-5-6-9-10(7-8)14-11(13-9)12(2,3)4;2*1-11(2,3)10-14-8-4-6(12)7(13)5-9(8)15-10;2*1-11(2,3)10-13-8-5-4-7(12)6-9(8)14-10/h5-6H,1-4H3,(H,17,18);6-7H,1-5H3,(H,14,15);4-6H,1-3H3,(H,16,17);3*5-7H,1-4H3,(H,13,14);2*4-5H,1-3H3,(H,14,15);2*4-6H,1-3H3,(H,13,14). The highest BCUT2D eigenvalue weighted by Gasteiger charge is 2.37. The first-order valence-electron chi connectivity index (χ1n) is 49.8. The number of nitrogens with one attached hydrogen (secondary N) is 10. The summed E-state index contributed by atoms with van der Waals surface area (Å²) in [6.07, 6.45) is -8.75. The van der Waals surface area contributed by atoms with Gasteiger partial charge in [-0.25, -0.2) is 58.6 Å². The summed E-state index contributed by atoms with van der Waals surface area (Å²) in [7, 11) is 0. The van der Waals surface area contributed by atoms with Gasteiger partial charge in [-0.2, -0.15) is 26.3 Å². The molecule has 10 N–H and O–H groups in total. The third kappa shape index (κ3) is 30.7. The van der Waals surface area contributed by atoms with E-state index in [1.807, 2.05) is 119 Å². The molecule has 0 aliphatic carbocycles. The molecule has 0 atom stereocenters. The zero-order chi connectivity index (χ0) is 112. The van der Waals surface area contributed by atoms with Crippen LogP contribution in [0.4, 0.5) is 35.1 Å². The predicted molar refractivity (Wildman–Crippen MR) is 606 cm³/mol. The summed E-state index contributed by atoms with van der Waals surface area (Å²) in [5, 5.41) is 1.69. The van der Waals surface area contributed by atoms with Crippen LogP contribution in [0.15, 0.2) is 158 Å². The van der Waals surface area contributed by atoms with Crippen LogP contribution >= 0.6 is 46.4 Å². The maximum absolute atomic E-state index is 13.2. The normalized spacial score (nSPS) is 12.5. The molecule has 0 saturated carbocycles. The first-order chi connectivity index (χ1) is 68.7. The lowest BCUT2D eigenvalue weighted by Crippen LogP contribution is -2.13. The van der Waals surface area contributed by atoms with Gasteiger partial charge in [-0.15, -0.1) is 0 Å². The highest BCUT2D eigenvalue weighted by atomic mass is 35.5. The van der Waals surface area contributed by atoms with Gasteiger partial charge in [0, 0.05) is 76.3 Å². The number of aryl methyl sites for hydroxylation is 6. The number of aromatic amines is 10. The minimum absolute atomic E-state index is 0.00183. The molecule has 0 fully saturated rings. The minimum atomic E-state index is -4.38. The molecule has 20 nitrogen and oxygen atoms in total. The fourth-order valence-corrected chi connectivity index (χ4v) is 15.8. The number of hydrogen-bond donors (Lipinski definition) is 10. The Kier molecular flexibility index (Phi) is 34.9. The predicted octanol–water partition coefficient (Wildman–Crippen LogP) is 35.4. The molecule has 32 heteroatoms. The Balaban J connectivity index is 0.000000158. The zero-order valence-electron chi connectivity index (χ0n) is 93.0. The smallest absolute Gasteiger partial charge is 0.342 e. The highest BCUT2D eigenvalue weighted by molar-refractivity contribution is 6.32. The summed E-state index contributed by atoms with van der Waals surface area (Å²) in [5.74, 6) is 8.16. The molecule has 0 unspecified atom stereocenters. The van der Waals surface area contributed by atoms with Crippen LogP contribution in [0.3, 0.4) is 0 Å². The van der Waals surface area contributed by atoms with E-state index >= 15 is 0 Å². The van der Waals surface area contributed by atoms with E-state index in [2.05, 4.69) is 326 Å². The Morgan fingerprint density at radius 2 is 0.420 bits per heavy atom. The van der Waals surface area contributed by atoms with Gasteiger partial charge in [-0.1, -0.05) is 284 Å². The average molecular weight is 2140 g/mol. The van der Waals surface area contributed by atoms with Crippen molar-refractivity contribution in [2.75, 3.05) is 0 Å². The second-order valence-electron chi connectivity index (χ2n) is 48.7. The third-order valence-corrected chi connectivity index (χ3v) is 24.8. The molecule has 20 aromatic rings. The monoisotopic (exact) mass is 2130 g/mol.